The van der Waals surface area contributed by atoms with Gasteiger partial charge in [-0.1, -0.05) is 6.07 Å². The Balaban J connectivity index is 1.86. The number of hydrogen-bond donors (Lipinski definition) is 3. The maximum atomic E-state index is 13.6. The minimum atomic E-state index is -0.537. The van der Waals surface area contributed by atoms with Gasteiger partial charge in [-0.05, 0) is 79.0 Å². The lowest BCUT2D eigenvalue weighted by Gasteiger charge is -2.19. The summed E-state index contributed by atoms with van der Waals surface area (Å²) in [6, 6.07) is 6.34. The number of aryl methyl sites for hydroxylation is 1. The number of methoxy groups -OCH3 is 3. The minimum Gasteiger partial charge on any atom is -0.493 e. The topological polar surface area (TPSA) is 115 Å². The van der Waals surface area contributed by atoms with Crippen LogP contribution in [0.3, 0.4) is 0 Å². The third kappa shape index (κ3) is 6.43. The molecule has 2 aliphatic carbocycles. The van der Waals surface area contributed by atoms with E-state index >= 15 is 0 Å². The summed E-state index contributed by atoms with van der Waals surface area (Å²) >= 11 is 1.65. The maximum absolute atomic E-state index is 13.6. The molecule has 0 heterocycles. The Morgan fingerprint density at radius 1 is 1.03 bits per heavy atom. The third-order valence-electron chi connectivity index (χ3n) is 7.10. The monoisotopic (exact) mass is 555 g/mol. The van der Waals surface area contributed by atoms with Crippen molar-refractivity contribution in [2.45, 2.75) is 57.2 Å². The fourth-order valence-corrected chi connectivity index (χ4v) is 5.52. The van der Waals surface area contributed by atoms with E-state index in [4.69, 9.17) is 14.2 Å². The van der Waals surface area contributed by atoms with Gasteiger partial charge >= 0.3 is 0 Å². The summed E-state index contributed by atoms with van der Waals surface area (Å²) < 4.78 is 17.1. The molecular weight excluding hydrogens is 518 g/mol. The van der Waals surface area contributed by atoms with Crippen LogP contribution in [-0.2, 0) is 16.0 Å². The van der Waals surface area contributed by atoms with E-state index in [0.717, 1.165) is 35.3 Å². The number of hydrogen-bond acceptors (Lipinski definition) is 8. The van der Waals surface area contributed by atoms with Crippen LogP contribution in [0.2, 0.25) is 0 Å². The Labute approximate surface area is 233 Å². The zero-order chi connectivity index (χ0) is 28.1. The lowest BCUT2D eigenvalue weighted by molar-refractivity contribution is -0.122. The number of thioether (sulfide) groups is 1. The second-order valence-corrected chi connectivity index (χ2v) is 10.8. The molecule has 2 aromatic carbocycles. The van der Waals surface area contributed by atoms with Crippen LogP contribution < -0.4 is 35.6 Å². The average molecular weight is 556 g/mol. The summed E-state index contributed by atoms with van der Waals surface area (Å²) in [5, 5.41) is 9.29. The average Bonchev–Trinajstić information content (AvgIpc) is 3.76. The van der Waals surface area contributed by atoms with Crippen LogP contribution in [0.4, 0.5) is 5.69 Å². The molecule has 1 fully saturated rings. The Morgan fingerprint density at radius 2 is 1.77 bits per heavy atom. The van der Waals surface area contributed by atoms with Crippen molar-refractivity contribution < 1.29 is 23.8 Å². The molecule has 0 unspecified atom stereocenters. The van der Waals surface area contributed by atoms with E-state index in [1.807, 2.05) is 18.4 Å². The second kappa shape index (κ2) is 12.6. The molecule has 0 spiro atoms. The molecule has 2 aromatic rings. The highest BCUT2D eigenvalue weighted by Gasteiger charge is 2.30. The van der Waals surface area contributed by atoms with Crippen LogP contribution in [0.15, 0.2) is 29.1 Å². The molecule has 0 saturated heterocycles. The molecule has 2 amide bonds. The van der Waals surface area contributed by atoms with Gasteiger partial charge < -0.3 is 30.2 Å². The molecule has 0 bridgehead atoms. The summed E-state index contributed by atoms with van der Waals surface area (Å²) in [7, 11) is 4.69. The van der Waals surface area contributed by atoms with Crippen molar-refractivity contribution in [3.8, 4) is 28.4 Å². The molecule has 3 N–H and O–H groups in total. The van der Waals surface area contributed by atoms with Gasteiger partial charge in [-0.15, -0.1) is 0 Å². The van der Waals surface area contributed by atoms with E-state index in [0.29, 0.717) is 47.8 Å². The Morgan fingerprint density at radius 3 is 2.38 bits per heavy atom. The Kier molecular flexibility index (Phi) is 9.27. The summed E-state index contributed by atoms with van der Waals surface area (Å²) in [4.78, 5) is 38.7. The lowest BCUT2D eigenvalue weighted by Crippen LogP contribution is -2.41. The van der Waals surface area contributed by atoms with Crippen molar-refractivity contribution in [3.63, 3.8) is 0 Å². The van der Waals surface area contributed by atoms with Gasteiger partial charge in [-0.25, -0.2) is 0 Å². The van der Waals surface area contributed by atoms with Gasteiger partial charge in [0.2, 0.25) is 23.0 Å². The first kappa shape index (κ1) is 28.6. The molecule has 1 saturated carbocycles. The van der Waals surface area contributed by atoms with E-state index in [-0.39, 0.29) is 23.3 Å². The maximum Gasteiger partial charge on any atom is 0.242 e. The molecule has 210 valence electrons. The number of nitrogens with one attached hydrogen (secondary N) is 3. The Hall–Kier alpha value is -3.40. The first-order valence-electron chi connectivity index (χ1n) is 13.1. The van der Waals surface area contributed by atoms with Crippen LogP contribution in [0.5, 0.6) is 17.2 Å². The SMILES string of the molecule is COc1cc2c(c(OC)c1OC)-c1ccc(N[C@@H](CCSC)C(=O)NC3CC3)c(=O)cc1[C@H](NC(C)=O)CC2. The zero-order valence-electron chi connectivity index (χ0n) is 23.1. The lowest BCUT2D eigenvalue weighted by atomic mass is 9.95. The molecule has 0 aliphatic heterocycles. The van der Waals surface area contributed by atoms with Gasteiger partial charge in [-0.3, -0.25) is 14.4 Å². The van der Waals surface area contributed by atoms with Crippen LogP contribution in [0.1, 0.15) is 49.8 Å². The van der Waals surface area contributed by atoms with E-state index in [9.17, 15) is 14.4 Å². The van der Waals surface area contributed by atoms with E-state index in [1.54, 1.807) is 45.2 Å². The van der Waals surface area contributed by atoms with Crippen LogP contribution in [0.25, 0.3) is 11.1 Å². The highest BCUT2D eigenvalue weighted by molar-refractivity contribution is 7.98. The summed E-state index contributed by atoms with van der Waals surface area (Å²) in [6.07, 6.45) is 5.74. The van der Waals surface area contributed by atoms with E-state index in [2.05, 4.69) is 16.0 Å². The van der Waals surface area contributed by atoms with Crippen LogP contribution in [-0.4, -0.2) is 57.2 Å². The Bertz CT molecular complexity index is 1300. The number of amides is 2. The molecule has 0 aromatic heterocycles. The minimum absolute atomic E-state index is 0.0982. The molecule has 2 atom stereocenters. The highest BCUT2D eigenvalue weighted by Crippen LogP contribution is 2.50. The number of carbonyl (C=O) groups is 2. The summed E-state index contributed by atoms with van der Waals surface area (Å²) in [5.74, 6) is 1.97. The molecule has 0 radical (unpaired) electrons. The van der Waals surface area contributed by atoms with Crippen molar-refractivity contribution in [1.29, 1.82) is 0 Å². The van der Waals surface area contributed by atoms with Crippen molar-refractivity contribution in [1.82, 2.24) is 10.6 Å². The van der Waals surface area contributed by atoms with Crippen molar-refractivity contribution in [2.75, 3.05) is 38.7 Å². The predicted molar refractivity (Wildman–Crippen MR) is 154 cm³/mol. The van der Waals surface area contributed by atoms with Crippen molar-refractivity contribution in [2.24, 2.45) is 0 Å². The van der Waals surface area contributed by atoms with Crippen molar-refractivity contribution >= 4 is 29.3 Å². The summed E-state index contributed by atoms with van der Waals surface area (Å²) in [6.45, 7) is 1.47. The third-order valence-corrected chi connectivity index (χ3v) is 7.74. The largest absolute Gasteiger partial charge is 0.493 e. The van der Waals surface area contributed by atoms with Crippen molar-refractivity contribution in [3.05, 3.63) is 45.6 Å². The number of carbonyl (C=O) groups excluding carboxylic acids is 2. The second-order valence-electron chi connectivity index (χ2n) is 9.86. The number of anilines is 1. The zero-order valence-corrected chi connectivity index (χ0v) is 24.0. The fourth-order valence-electron chi connectivity index (χ4n) is 5.05. The van der Waals surface area contributed by atoms with Gasteiger partial charge in [0, 0.05) is 18.5 Å². The van der Waals surface area contributed by atoms with Gasteiger partial charge in [-0.2, -0.15) is 11.8 Å². The van der Waals surface area contributed by atoms with Crippen LogP contribution in [0, 0.1) is 0 Å². The number of benzene rings is 1. The smallest absolute Gasteiger partial charge is 0.242 e. The van der Waals surface area contributed by atoms with Gasteiger partial charge in [0.25, 0.3) is 0 Å². The standard InChI is InChI=1S/C29H37N3O6S/c1-16(33)30-21-10-6-17-14-25(36-2)27(37-3)28(38-4)26(17)19-9-11-22(24(34)15-20(19)21)32-23(12-13-39-5)29(35)31-18-7-8-18/h9,11,14-15,18,21,23H,6-8,10,12-13H2,1-5H3,(H,30,33)(H,31,35)(H,32,34)/t21-,23+/m1/s1. The molecular formula is C29H37N3O6S. The number of ether oxygens (including phenoxy) is 3. The van der Waals surface area contributed by atoms with E-state index in [1.165, 1.54) is 6.92 Å². The molecule has 4 rings (SSSR count). The van der Waals surface area contributed by atoms with Crippen LogP contribution >= 0.6 is 11.8 Å². The highest BCUT2D eigenvalue weighted by atomic mass is 32.2. The summed E-state index contributed by atoms with van der Waals surface area (Å²) in [5.41, 5.74) is 3.21. The quantitative estimate of drug-likeness (QED) is 0.385. The normalized spacial score (nSPS) is 16.6. The molecule has 9 nitrogen and oxygen atoms in total. The number of fused-ring (bicyclic) bond motifs is 3. The van der Waals surface area contributed by atoms with Gasteiger partial charge in [0.15, 0.2) is 11.5 Å². The predicted octanol–water partition coefficient (Wildman–Crippen LogP) is 3.68. The van der Waals surface area contributed by atoms with Gasteiger partial charge in [0.1, 0.15) is 6.04 Å². The van der Waals surface area contributed by atoms with Gasteiger partial charge in [0.05, 0.1) is 33.1 Å². The first-order chi connectivity index (χ1) is 18.8. The first-order valence-corrected chi connectivity index (χ1v) is 14.5. The number of rotatable bonds is 11. The molecule has 2 aliphatic rings. The van der Waals surface area contributed by atoms with E-state index < -0.39 is 12.1 Å². The molecule has 39 heavy (non-hydrogen) atoms. The fraction of sp³-hybridized carbons (Fsp3) is 0.483. The molecule has 10 heteroatoms.